The molecule has 1 atom stereocenters. The Balaban J connectivity index is 1.67. The molecule has 0 spiro atoms. The lowest BCUT2D eigenvalue weighted by atomic mass is 10.0. The average molecular weight is 383 g/mol. The van der Waals surface area contributed by atoms with Crippen molar-refractivity contribution in [3.63, 3.8) is 0 Å². The van der Waals surface area contributed by atoms with Crippen LogP contribution in [0.4, 0.5) is 5.69 Å². The molecule has 3 rings (SSSR count). The zero-order valence-corrected chi connectivity index (χ0v) is 16.9. The quantitative estimate of drug-likeness (QED) is 0.753. The maximum atomic E-state index is 12.5. The fraction of sp³-hybridized carbons (Fsp3) is 0.435. The standard InChI is InChI=1S/C23H30N2O3/c1-16(2)18-11-10-17(3)14-21(18)28-15-22(26)24-20-9-5-4-8-19(20)23(27)25-12-6-7-13-25/h4-5,8-11,14,16,23,27H,6-7,12-13,15H2,1-3H3,(H,24,26). The van der Waals surface area contributed by atoms with Crippen molar-refractivity contribution in [1.82, 2.24) is 4.90 Å². The van der Waals surface area contributed by atoms with Crippen LogP contribution in [0, 0.1) is 6.92 Å². The van der Waals surface area contributed by atoms with E-state index in [1.165, 1.54) is 0 Å². The molecule has 1 unspecified atom stereocenters. The first-order valence-electron chi connectivity index (χ1n) is 10.00. The van der Waals surface area contributed by atoms with Crippen molar-refractivity contribution in [2.45, 2.75) is 45.8 Å². The number of aliphatic hydroxyl groups is 1. The Kier molecular flexibility index (Phi) is 6.70. The van der Waals surface area contributed by atoms with E-state index in [0.717, 1.165) is 48.4 Å². The van der Waals surface area contributed by atoms with Gasteiger partial charge < -0.3 is 15.2 Å². The third-order valence-electron chi connectivity index (χ3n) is 5.15. The highest BCUT2D eigenvalue weighted by Crippen LogP contribution is 2.29. The number of carbonyl (C=O) groups excluding carboxylic acids is 1. The first-order valence-corrected chi connectivity index (χ1v) is 10.00. The summed E-state index contributed by atoms with van der Waals surface area (Å²) in [5.74, 6) is 0.822. The molecule has 5 nitrogen and oxygen atoms in total. The Morgan fingerprint density at radius 2 is 1.86 bits per heavy atom. The minimum Gasteiger partial charge on any atom is -0.483 e. The van der Waals surface area contributed by atoms with E-state index in [9.17, 15) is 9.90 Å². The summed E-state index contributed by atoms with van der Waals surface area (Å²) in [6.45, 7) is 7.89. The number of para-hydroxylation sites is 1. The van der Waals surface area contributed by atoms with Gasteiger partial charge in [0, 0.05) is 24.3 Å². The second-order valence-electron chi connectivity index (χ2n) is 7.74. The van der Waals surface area contributed by atoms with Crippen molar-refractivity contribution in [2.24, 2.45) is 0 Å². The van der Waals surface area contributed by atoms with Crippen LogP contribution in [-0.2, 0) is 4.79 Å². The number of aliphatic hydroxyl groups excluding tert-OH is 1. The predicted octanol–water partition coefficient (Wildman–Crippen LogP) is 4.22. The summed E-state index contributed by atoms with van der Waals surface area (Å²) in [5, 5.41) is 13.6. The first kappa shape index (κ1) is 20.4. The Labute approximate surface area is 167 Å². The second-order valence-corrected chi connectivity index (χ2v) is 7.74. The lowest BCUT2D eigenvalue weighted by Crippen LogP contribution is -2.27. The van der Waals surface area contributed by atoms with Crippen molar-refractivity contribution in [2.75, 3.05) is 25.0 Å². The molecule has 0 bridgehead atoms. The monoisotopic (exact) mass is 382 g/mol. The molecule has 1 aliphatic heterocycles. The van der Waals surface area contributed by atoms with Gasteiger partial charge in [0.15, 0.2) is 6.61 Å². The fourth-order valence-electron chi connectivity index (χ4n) is 3.59. The van der Waals surface area contributed by atoms with Crippen LogP contribution in [0.25, 0.3) is 0 Å². The van der Waals surface area contributed by atoms with Gasteiger partial charge in [0.1, 0.15) is 12.0 Å². The van der Waals surface area contributed by atoms with Crippen LogP contribution < -0.4 is 10.1 Å². The third kappa shape index (κ3) is 4.91. The number of likely N-dealkylation sites (tertiary alicyclic amines) is 1. The minimum absolute atomic E-state index is 0.0721. The van der Waals surface area contributed by atoms with Crippen molar-refractivity contribution in [1.29, 1.82) is 0 Å². The van der Waals surface area contributed by atoms with E-state index in [4.69, 9.17) is 4.74 Å². The van der Waals surface area contributed by atoms with Gasteiger partial charge in [0.25, 0.3) is 5.91 Å². The fourth-order valence-corrected chi connectivity index (χ4v) is 3.59. The van der Waals surface area contributed by atoms with Crippen molar-refractivity contribution in [3.8, 4) is 5.75 Å². The average Bonchev–Trinajstić information content (AvgIpc) is 3.21. The van der Waals surface area contributed by atoms with Crippen LogP contribution >= 0.6 is 0 Å². The molecule has 2 aromatic rings. The number of nitrogens with zero attached hydrogens (tertiary/aromatic N) is 1. The van der Waals surface area contributed by atoms with Crippen molar-refractivity contribution in [3.05, 3.63) is 59.2 Å². The lowest BCUT2D eigenvalue weighted by molar-refractivity contribution is -0.118. The van der Waals surface area contributed by atoms with Gasteiger partial charge in [0.2, 0.25) is 0 Å². The molecule has 150 valence electrons. The molecule has 1 aliphatic rings. The smallest absolute Gasteiger partial charge is 0.262 e. The predicted molar refractivity (Wildman–Crippen MR) is 112 cm³/mol. The van der Waals surface area contributed by atoms with Crippen LogP contribution in [0.3, 0.4) is 0 Å². The maximum Gasteiger partial charge on any atom is 0.262 e. The SMILES string of the molecule is Cc1ccc(C(C)C)c(OCC(=O)Nc2ccccc2C(O)N2CCCC2)c1. The number of anilines is 1. The van der Waals surface area contributed by atoms with E-state index < -0.39 is 6.23 Å². The molecule has 1 fully saturated rings. The summed E-state index contributed by atoms with van der Waals surface area (Å²) in [5.41, 5.74) is 3.53. The summed E-state index contributed by atoms with van der Waals surface area (Å²) in [6.07, 6.45) is 1.48. The van der Waals surface area contributed by atoms with Gasteiger partial charge in [-0.25, -0.2) is 0 Å². The molecule has 5 heteroatoms. The van der Waals surface area contributed by atoms with Crippen LogP contribution in [0.1, 0.15) is 55.5 Å². The van der Waals surface area contributed by atoms with Gasteiger partial charge in [-0.15, -0.1) is 0 Å². The second kappa shape index (κ2) is 9.22. The van der Waals surface area contributed by atoms with E-state index in [1.54, 1.807) is 0 Å². The molecule has 28 heavy (non-hydrogen) atoms. The molecule has 1 amide bonds. The van der Waals surface area contributed by atoms with Crippen LogP contribution in [0.5, 0.6) is 5.75 Å². The number of aryl methyl sites for hydroxylation is 1. The molecule has 1 saturated heterocycles. The van der Waals surface area contributed by atoms with Gasteiger partial charge in [-0.2, -0.15) is 0 Å². The molecule has 1 heterocycles. The van der Waals surface area contributed by atoms with E-state index in [1.807, 2.05) is 42.2 Å². The molecule has 2 N–H and O–H groups in total. The summed E-state index contributed by atoms with van der Waals surface area (Å²) in [4.78, 5) is 14.5. The third-order valence-corrected chi connectivity index (χ3v) is 5.15. The minimum atomic E-state index is -0.704. The van der Waals surface area contributed by atoms with E-state index >= 15 is 0 Å². The first-order chi connectivity index (χ1) is 13.5. The summed E-state index contributed by atoms with van der Waals surface area (Å²) >= 11 is 0. The molecule has 0 aliphatic carbocycles. The summed E-state index contributed by atoms with van der Waals surface area (Å²) in [6, 6.07) is 13.5. The number of benzene rings is 2. The number of amides is 1. The molecular formula is C23H30N2O3. The van der Waals surface area contributed by atoms with Gasteiger partial charge in [-0.3, -0.25) is 9.69 Å². The Morgan fingerprint density at radius 1 is 1.14 bits per heavy atom. The molecule has 0 radical (unpaired) electrons. The Hall–Kier alpha value is -2.37. The maximum absolute atomic E-state index is 12.5. The van der Waals surface area contributed by atoms with Crippen LogP contribution in [0.15, 0.2) is 42.5 Å². The van der Waals surface area contributed by atoms with Gasteiger partial charge in [0.05, 0.1) is 0 Å². The van der Waals surface area contributed by atoms with Gasteiger partial charge in [-0.1, -0.05) is 44.2 Å². The van der Waals surface area contributed by atoms with Crippen molar-refractivity contribution >= 4 is 11.6 Å². The number of hydrogen-bond acceptors (Lipinski definition) is 4. The topological polar surface area (TPSA) is 61.8 Å². The van der Waals surface area contributed by atoms with Crippen LogP contribution in [0.2, 0.25) is 0 Å². The zero-order valence-electron chi connectivity index (χ0n) is 16.9. The molecule has 0 saturated carbocycles. The number of rotatable bonds is 7. The highest BCUT2D eigenvalue weighted by molar-refractivity contribution is 5.92. The highest BCUT2D eigenvalue weighted by atomic mass is 16.5. The zero-order chi connectivity index (χ0) is 20.1. The summed E-state index contributed by atoms with van der Waals surface area (Å²) in [7, 11) is 0. The molecule has 2 aromatic carbocycles. The molecular weight excluding hydrogens is 352 g/mol. The normalized spacial score (nSPS) is 15.6. The number of nitrogens with one attached hydrogen (secondary N) is 1. The van der Waals surface area contributed by atoms with E-state index in [2.05, 4.69) is 31.3 Å². The van der Waals surface area contributed by atoms with E-state index in [0.29, 0.717) is 11.6 Å². The lowest BCUT2D eigenvalue weighted by Gasteiger charge is -2.24. The van der Waals surface area contributed by atoms with Gasteiger partial charge >= 0.3 is 0 Å². The number of hydrogen-bond donors (Lipinski definition) is 2. The van der Waals surface area contributed by atoms with Crippen LogP contribution in [-0.4, -0.2) is 35.6 Å². The number of carbonyl (C=O) groups is 1. The Morgan fingerprint density at radius 3 is 2.57 bits per heavy atom. The number of ether oxygens (including phenoxy) is 1. The van der Waals surface area contributed by atoms with Gasteiger partial charge in [-0.05, 0) is 48.9 Å². The Bertz CT molecular complexity index is 813. The highest BCUT2D eigenvalue weighted by Gasteiger charge is 2.23. The van der Waals surface area contributed by atoms with E-state index in [-0.39, 0.29) is 12.5 Å². The molecule has 0 aromatic heterocycles. The van der Waals surface area contributed by atoms with Crippen molar-refractivity contribution < 1.29 is 14.6 Å². The summed E-state index contributed by atoms with van der Waals surface area (Å²) < 4.78 is 5.83. The largest absolute Gasteiger partial charge is 0.483 e.